The Labute approximate surface area is 77.8 Å². The number of hydrogen-bond donors (Lipinski definition) is 1. The second-order valence-corrected chi connectivity index (χ2v) is 2.86. The van der Waals surface area contributed by atoms with E-state index in [-0.39, 0.29) is 0 Å². The highest BCUT2D eigenvalue weighted by atomic mass is 14.6. The summed E-state index contributed by atoms with van der Waals surface area (Å²) in [6.07, 6.45) is 0. The summed E-state index contributed by atoms with van der Waals surface area (Å²) in [5, 5.41) is 0. The van der Waals surface area contributed by atoms with Crippen molar-refractivity contribution in [3.8, 4) is 11.1 Å². The molecule has 0 atom stereocenters. The Balaban J connectivity index is 2.54. The highest BCUT2D eigenvalue weighted by molar-refractivity contribution is 5.75. The first-order valence-corrected chi connectivity index (χ1v) is 4.19. The average Bonchev–Trinajstić information content (AvgIpc) is 2.20. The molecule has 1 radical (unpaired) electrons. The number of nitrogen functional groups attached to an aromatic ring is 1. The van der Waals surface area contributed by atoms with E-state index in [9.17, 15) is 0 Å². The molecule has 0 aliphatic carbocycles. The summed E-state index contributed by atoms with van der Waals surface area (Å²) in [5.41, 5.74) is 8.68. The van der Waals surface area contributed by atoms with Gasteiger partial charge in [-0.3, -0.25) is 0 Å². The summed E-state index contributed by atoms with van der Waals surface area (Å²) in [6.45, 7) is 0. The van der Waals surface area contributed by atoms with E-state index in [2.05, 4.69) is 6.07 Å². The molecule has 0 unspecified atom stereocenters. The van der Waals surface area contributed by atoms with Crippen molar-refractivity contribution in [3.63, 3.8) is 0 Å². The molecule has 2 rings (SSSR count). The third-order valence-electron chi connectivity index (χ3n) is 1.97. The van der Waals surface area contributed by atoms with E-state index in [4.69, 9.17) is 5.73 Å². The second kappa shape index (κ2) is 3.31. The number of benzene rings is 2. The maximum Gasteiger partial charge on any atom is 0.0474 e. The zero-order valence-corrected chi connectivity index (χ0v) is 7.20. The largest absolute Gasteiger partial charge is 0.398 e. The Kier molecular flexibility index (Phi) is 2.01. The van der Waals surface area contributed by atoms with Gasteiger partial charge in [0.2, 0.25) is 0 Å². The van der Waals surface area contributed by atoms with Crippen molar-refractivity contribution in [2.75, 3.05) is 5.73 Å². The first-order chi connectivity index (χ1) is 6.38. The van der Waals surface area contributed by atoms with E-state index in [1.807, 2.05) is 48.5 Å². The quantitative estimate of drug-likeness (QED) is 0.651. The fraction of sp³-hybridized carbons (Fsp3) is 0. The van der Waals surface area contributed by atoms with Crippen molar-refractivity contribution in [2.45, 2.75) is 0 Å². The number of para-hydroxylation sites is 1. The lowest BCUT2D eigenvalue weighted by atomic mass is 10.0. The SMILES string of the molecule is Nc1[c]cccc1-c1ccccc1. The molecule has 2 aromatic carbocycles. The summed E-state index contributed by atoms with van der Waals surface area (Å²) in [5.74, 6) is 0. The molecule has 0 spiro atoms. The lowest BCUT2D eigenvalue weighted by Crippen LogP contribution is -1.88. The predicted molar refractivity (Wildman–Crippen MR) is 55.1 cm³/mol. The molecule has 1 nitrogen and oxygen atoms in total. The molecule has 63 valence electrons. The van der Waals surface area contributed by atoms with E-state index >= 15 is 0 Å². The van der Waals surface area contributed by atoms with Gasteiger partial charge in [-0.15, -0.1) is 0 Å². The van der Waals surface area contributed by atoms with Crippen LogP contribution in [-0.2, 0) is 0 Å². The minimum absolute atomic E-state index is 0.703. The van der Waals surface area contributed by atoms with Crippen LogP contribution < -0.4 is 5.73 Å². The average molecular weight is 168 g/mol. The van der Waals surface area contributed by atoms with Crippen molar-refractivity contribution >= 4 is 5.69 Å². The van der Waals surface area contributed by atoms with E-state index in [0.717, 1.165) is 11.1 Å². The highest BCUT2D eigenvalue weighted by Crippen LogP contribution is 2.24. The fourth-order valence-electron chi connectivity index (χ4n) is 1.32. The molecule has 0 fully saturated rings. The molecule has 2 aromatic rings. The zero-order chi connectivity index (χ0) is 9.10. The fourth-order valence-corrected chi connectivity index (χ4v) is 1.32. The van der Waals surface area contributed by atoms with Crippen LogP contribution in [0, 0.1) is 6.07 Å². The van der Waals surface area contributed by atoms with E-state index in [1.54, 1.807) is 0 Å². The van der Waals surface area contributed by atoms with Gasteiger partial charge in [0, 0.05) is 17.3 Å². The van der Waals surface area contributed by atoms with E-state index in [0.29, 0.717) is 5.69 Å². The summed E-state index contributed by atoms with van der Waals surface area (Å²) >= 11 is 0. The first-order valence-electron chi connectivity index (χ1n) is 4.19. The van der Waals surface area contributed by atoms with Crippen molar-refractivity contribution in [1.29, 1.82) is 0 Å². The van der Waals surface area contributed by atoms with Crippen LogP contribution >= 0.6 is 0 Å². The molecular weight excluding hydrogens is 158 g/mol. The predicted octanol–water partition coefficient (Wildman–Crippen LogP) is 2.74. The van der Waals surface area contributed by atoms with Gasteiger partial charge in [-0.1, -0.05) is 48.5 Å². The van der Waals surface area contributed by atoms with Crippen molar-refractivity contribution in [3.05, 3.63) is 54.6 Å². The Hall–Kier alpha value is -1.76. The van der Waals surface area contributed by atoms with Gasteiger partial charge in [-0.05, 0) is 5.56 Å². The topological polar surface area (TPSA) is 26.0 Å². The van der Waals surface area contributed by atoms with Crippen molar-refractivity contribution < 1.29 is 0 Å². The Morgan fingerprint density at radius 1 is 0.923 bits per heavy atom. The summed E-state index contributed by atoms with van der Waals surface area (Å²) in [7, 11) is 0. The van der Waals surface area contributed by atoms with Gasteiger partial charge < -0.3 is 5.73 Å². The maximum absolute atomic E-state index is 5.80. The molecule has 0 aliphatic rings. The minimum Gasteiger partial charge on any atom is -0.398 e. The van der Waals surface area contributed by atoms with Crippen LogP contribution in [0.25, 0.3) is 11.1 Å². The van der Waals surface area contributed by atoms with Crippen LogP contribution in [0.1, 0.15) is 0 Å². The monoisotopic (exact) mass is 168 g/mol. The number of nitrogens with two attached hydrogens (primary N) is 1. The molecule has 0 heterocycles. The highest BCUT2D eigenvalue weighted by Gasteiger charge is 1.98. The lowest BCUT2D eigenvalue weighted by molar-refractivity contribution is 1.60. The standard InChI is InChI=1S/C12H10N/c13-12-9-5-4-8-11(12)10-6-2-1-3-7-10/h1-8H,13H2. The third kappa shape index (κ3) is 1.54. The molecule has 0 aliphatic heterocycles. The molecule has 1 heteroatoms. The van der Waals surface area contributed by atoms with E-state index in [1.165, 1.54) is 0 Å². The molecule has 0 saturated heterocycles. The van der Waals surface area contributed by atoms with Gasteiger partial charge in [-0.2, -0.15) is 0 Å². The molecule has 0 amide bonds. The zero-order valence-electron chi connectivity index (χ0n) is 7.20. The number of rotatable bonds is 1. The Bertz CT molecular complexity index is 393. The van der Waals surface area contributed by atoms with Crippen LogP contribution in [0.3, 0.4) is 0 Å². The smallest absolute Gasteiger partial charge is 0.0474 e. The van der Waals surface area contributed by atoms with Gasteiger partial charge in [0.15, 0.2) is 0 Å². The van der Waals surface area contributed by atoms with Crippen LogP contribution in [0.5, 0.6) is 0 Å². The summed E-state index contributed by atoms with van der Waals surface area (Å²) in [6, 6.07) is 18.8. The van der Waals surface area contributed by atoms with Crippen LogP contribution in [-0.4, -0.2) is 0 Å². The lowest BCUT2D eigenvalue weighted by Gasteiger charge is -2.03. The van der Waals surface area contributed by atoms with Crippen molar-refractivity contribution in [1.82, 2.24) is 0 Å². The summed E-state index contributed by atoms with van der Waals surface area (Å²) < 4.78 is 0. The van der Waals surface area contributed by atoms with Gasteiger partial charge >= 0.3 is 0 Å². The van der Waals surface area contributed by atoms with Crippen LogP contribution in [0.4, 0.5) is 5.69 Å². The van der Waals surface area contributed by atoms with Gasteiger partial charge in [0.25, 0.3) is 0 Å². The van der Waals surface area contributed by atoms with Gasteiger partial charge in [-0.25, -0.2) is 0 Å². The minimum atomic E-state index is 0.703. The third-order valence-corrected chi connectivity index (χ3v) is 1.97. The molecule has 2 N–H and O–H groups in total. The molecule has 0 bridgehead atoms. The van der Waals surface area contributed by atoms with Crippen LogP contribution in [0.15, 0.2) is 48.5 Å². The first kappa shape index (κ1) is 7.87. The Morgan fingerprint density at radius 2 is 1.69 bits per heavy atom. The number of anilines is 1. The van der Waals surface area contributed by atoms with Crippen molar-refractivity contribution in [2.24, 2.45) is 0 Å². The number of hydrogen-bond acceptors (Lipinski definition) is 1. The molecule has 0 aromatic heterocycles. The normalized spacial score (nSPS) is 9.85. The molecular formula is C12H10N. The molecule has 0 saturated carbocycles. The maximum atomic E-state index is 5.80. The molecule has 13 heavy (non-hydrogen) atoms. The second-order valence-electron chi connectivity index (χ2n) is 2.86. The van der Waals surface area contributed by atoms with Gasteiger partial charge in [0.05, 0.1) is 0 Å². The Morgan fingerprint density at radius 3 is 2.38 bits per heavy atom. The van der Waals surface area contributed by atoms with Crippen LogP contribution in [0.2, 0.25) is 0 Å². The summed E-state index contributed by atoms with van der Waals surface area (Å²) in [4.78, 5) is 0. The van der Waals surface area contributed by atoms with Gasteiger partial charge in [0.1, 0.15) is 0 Å². The van der Waals surface area contributed by atoms with E-state index < -0.39 is 0 Å².